The molecule has 1 rings (SSSR count). The van der Waals surface area contributed by atoms with Gasteiger partial charge in [-0.25, -0.2) is 0 Å². The van der Waals surface area contributed by atoms with Gasteiger partial charge in [0.2, 0.25) is 5.91 Å². The average Bonchev–Trinajstić information content (AvgIpc) is 2.46. The second-order valence-electron chi connectivity index (χ2n) is 5.11. The molecule has 112 valence electrons. The number of nitrogens with two attached hydrogens (primary N) is 1. The highest BCUT2D eigenvalue weighted by atomic mass is 16.5. The molecule has 1 aromatic carbocycles. The molecule has 20 heavy (non-hydrogen) atoms. The predicted molar refractivity (Wildman–Crippen MR) is 82.7 cm³/mol. The number of anilines is 1. The van der Waals surface area contributed by atoms with E-state index >= 15 is 0 Å². The molecule has 0 aromatic heterocycles. The van der Waals surface area contributed by atoms with Crippen LogP contribution >= 0.6 is 0 Å². The number of amides is 1. The molecule has 0 saturated carbocycles. The number of hydrogen-bond acceptors (Lipinski definition) is 3. The third-order valence-electron chi connectivity index (χ3n) is 3.43. The molecule has 1 amide bonds. The first kappa shape index (κ1) is 16.3. The van der Waals surface area contributed by atoms with Crippen molar-refractivity contribution < 1.29 is 9.53 Å². The lowest BCUT2D eigenvalue weighted by Gasteiger charge is -2.24. The molecule has 4 heteroatoms. The molecule has 0 spiro atoms. The minimum atomic E-state index is 0.156. The van der Waals surface area contributed by atoms with Crippen LogP contribution in [0, 0.1) is 5.92 Å². The van der Waals surface area contributed by atoms with E-state index in [9.17, 15) is 4.79 Å². The zero-order valence-corrected chi connectivity index (χ0v) is 12.8. The Hall–Kier alpha value is -1.71. The molecule has 0 aliphatic rings. The minimum Gasteiger partial charge on any atom is -0.493 e. The van der Waals surface area contributed by atoms with E-state index in [0.717, 1.165) is 25.3 Å². The van der Waals surface area contributed by atoms with Crippen LogP contribution in [0.1, 0.15) is 33.6 Å². The van der Waals surface area contributed by atoms with Gasteiger partial charge in [0.15, 0.2) is 0 Å². The molecule has 1 atom stereocenters. The van der Waals surface area contributed by atoms with E-state index in [1.807, 2.05) is 24.0 Å². The van der Waals surface area contributed by atoms with Crippen molar-refractivity contribution in [1.29, 1.82) is 0 Å². The largest absolute Gasteiger partial charge is 0.493 e. The molecule has 0 bridgehead atoms. The Morgan fingerprint density at radius 1 is 1.30 bits per heavy atom. The summed E-state index contributed by atoms with van der Waals surface area (Å²) in [6, 6.07) is 7.21. The van der Waals surface area contributed by atoms with Gasteiger partial charge in [0.1, 0.15) is 5.75 Å². The van der Waals surface area contributed by atoms with Gasteiger partial charge in [-0.3, -0.25) is 4.79 Å². The summed E-state index contributed by atoms with van der Waals surface area (Å²) in [5.41, 5.74) is 6.31. The number of benzene rings is 1. The Morgan fingerprint density at radius 3 is 2.50 bits per heavy atom. The summed E-state index contributed by atoms with van der Waals surface area (Å²) in [5.74, 6) is 1.44. The fourth-order valence-electron chi connectivity index (χ4n) is 1.89. The maximum Gasteiger partial charge on any atom is 0.225 e. The summed E-state index contributed by atoms with van der Waals surface area (Å²) < 4.78 is 5.55. The van der Waals surface area contributed by atoms with E-state index in [4.69, 9.17) is 10.5 Å². The molecule has 0 heterocycles. The van der Waals surface area contributed by atoms with Crippen molar-refractivity contribution in [2.75, 3.05) is 25.4 Å². The number of rotatable bonds is 8. The zero-order valence-electron chi connectivity index (χ0n) is 12.8. The lowest BCUT2D eigenvalue weighted by atomic mass is 10.1. The van der Waals surface area contributed by atoms with E-state index in [1.54, 1.807) is 12.1 Å². The third kappa shape index (κ3) is 5.51. The molecule has 1 aromatic rings. The van der Waals surface area contributed by atoms with Crippen molar-refractivity contribution in [2.24, 2.45) is 5.92 Å². The van der Waals surface area contributed by atoms with Crippen LogP contribution in [0.4, 0.5) is 5.69 Å². The normalized spacial score (nSPS) is 11.9. The first-order chi connectivity index (χ1) is 9.56. The van der Waals surface area contributed by atoms with Gasteiger partial charge in [-0.2, -0.15) is 0 Å². The summed E-state index contributed by atoms with van der Waals surface area (Å²) in [7, 11) is 0. The quantitative estimate of drug-likeness (QED) is 0.744. The van der Waals surface area contributed by atoms with Crippen LogP contribution in [0.2, 0.25) is 0 Å². The van der Waals surface area contributed by atoms with Crippen molar-refractivity contribution >= 4 is 11.6 Å². The summed E-state index contributed by atoms with van der Waals surface area (Å²) in [4.78, 5) is 14.0. The zero-order chi connectivity index (χ0) is 15.0. The molecule has 0 fully saturated rings. The number of carbonyl (C=O) groups excluding carboxylic acids is 1. The number of nitrogen functional groups attached to an aromatic ring is 1. The topological polar surface area (TPSA) is 55.6 Å². The predicted octanol–water partition coefficient (Wildman–Crippen LogP) is 2.93. The number of carbonyl (C=O) groups is 1. The fraction of sp³-hybridized carbons (Fsp3) is 0.562. The lowest BCUT2D eigenvalue weighted by molar-refractivity contribution is -0.132. The molecular formula is C16H26N2O2. The van der Waals surface area contributed by atoms with E-state index in [1.165, 1.54) is 0 Å². The summed E-state index contributed by atoms with van der Waals surface area (Å²) in [6.07, 6.45) is 1.50. The van der Waals surface area contributed by atoms with Crippen LogP contribution in [0.15, 0.2) is 24.3 Å². The van der Waals surface area contributed by atoms with Crippen molar-refractivity contribution in [2.45, 2.75) is 33.6 Å². The van der Waals surface area contributed by atoms with Crippen molar-refractivity contribution in [3.63, 3.8) is 0 Å². The Bertz CT molecular complexity index is 403. The molecule has 0 aliphatic heterocycles. The molecule has 0 aliphatic carbocycles. The standard InChI is InChI=1S/C16H26N2O2/c1-4-13(3)12-18(5-2)16(19)10-11-20-15-8-6-14(17)7-9-15/h6-9,13H,4-5,10-12,17H2,1-3H3. The van der Waals surface area contributed by atoms with Crippen LogP contribution in [0.25, 0.3) is 0 Å². The molecule has 4 nitrogen and oxygen atoms in total. The van der Waals surface area contributed by atoms with Crippen molar-refractivity contribution in [3.8, 4) is 5.75 Å². The molecule has 1 unspecified atom stereocenters. The van der Waals surface area contributed by atoms with Gasteiger partial charge in [0.05, 0.1) is 13.0 Å². The first-order valence-electron chi connectivity index (χ1n) is 7.32. The van der Waals surface area contributed by atoms with Gasteiger partial charge in [-0.15, -0.1) is 0 Å². The Balaban J connectivity index is 2.35. The lowest BCUT2D eigenvalue weighted by Crippen LogP contribution is -2.35. The monoisotopic (exact) mass is 278 g/mol. The smallest absolute Gasteiger partial charge is 0.225 e. The Labute approximate surface area is 121 Å². The first-order valence-corrected chi connectivity index (χ1v) is 7.32. The Morgan fingerprint density at radius 2 is 1.95 bits per heavy atom. The van der Waals surface area contributed by atoms with Gasteiger partial charge in [0, 0.05) is 18.8 Å². The van der Waals surface area contributed by atoms with Crippen LogP contribution in [0.5, 0.6) is 5.75 Å². The molecule has 0 radical (unpaired) electrons. The second kappa shape index (κ2) is 8.46. The van der Waals surface area contributed by atoms with Crippen LogP contribution in [0.3, 0.4) is 0 Å². The van der Waals surface area contributed by atoms with E-state index < -0.39 is 0 Å². The van der Waals surface area contributed by atoms with Crippen molar-refractivity contribution in [3.05, 3.63) is 24.3 Å². The molecular weight excluding hydrogens is 252 g/mol. The number of ether oxygens (including phenoxy) is 1. The van der Waals surface area contributed by atoms with Crippen LogP contribution in [-0.4, -0.2) is 30.5 Å². The second-order valence-corrected chi connectivity index (χ2v) is 5.11. The minimum absolute atomic E-state index is 0.156. The summed E-state index contributed by atoms with van der Waals surface area (Å²) in [6.45, 7) is 8.31. The maximum atomic E-state index is 12.1. The van der Waals surface area contributed by atoms with E-state index in [2.05, 4.69) is 13.8 Å². The highest BCUT2D eigenvalue weighted by Crippen LogP contribution is 2.13. The van der Waals surface area contributed by atoms with Crippen LogP contribution < -0.4 is 10.5 Å². The number of nitrogens with zero attached hydrogens (tertiary/aromatic N) is 1. The highest BCUT2D eigenvalue weighted by molar-refractivity contribution is 5.76. The summed E-state index contributed by atoms with van der Waals surface area (Å²) >= 11 is 0. The van der Waals surface area contributed by atoms with E-state index in [0.29, 0.717) is 24.6 Å². The molecule has 0 saturated heterocycles. The summed E-state index contributed by atoms with van der Waals surface area (Å²) in [5, 5.41) is 0. The van der Waals surface area contributed by atoms with Gasteiger partial charge in [-0.1, -0.05) is 20.3 Å². The third-order valence-corrected chi connectivity index (χ3v) is 3.43. The van der Waals surface area contributed by atoms with Gasteiger partial charge < -0.3 is 15.4 Å². The van der Waals surface area contributed by atoms with Gasteiger partial charge in [0.25, 0.3) is 0 Å². The fourth-order valence-corrected chi connectivity index (χ4v) is 1.89. The van der Waals surface area contributed by atoms with Gasteiger partial charge >= 0.3 is 0 Å². The number of hydrogen-bond donors (Lipinski definition) is 1. The van der Waals surface area contributed by atoms with E-state index in [-0.39, 0.29) is 5.91 Å². The SMILES string of the molecule is CCC(C)CN(CC)C(=O)CCOc1ccc(N)cc1. The van der Waals surface area contributed by atoms with Crippen molar-refractivity contribution in [1.82, 2.24) is 4.90 Å². The van der Waals surface area contributed by atoms with Gasteiger partial charge in [-0.05, 0) is 37.1 Å². The molecule has 2 N–H and O–H groups in total. The highest BCUT2D eigenvalue weighted by Gasteiger charge is 2.14. The van der Waals surface area contributed by atoms with Crippen LogP contribution in [-0.2, 0) is 4.79 Å². The Kier molecular flexibility index (Phi) is 6.91. The maximum absolute atomic E-state index is 12.1. The average molecular weight is 278 g/mol.